The van der Waals surface area contributed by atoms with E-state index in [1.807, 2.05) is 32.9 Å². The highest BCUT2D eigenvalue weighted by Gasteiger charge is 2.56. The van der Waals surface area contributed by atoms with E-state index >= 15 is 0 Å². The normalized spacial score (nSPS) is 31.1. The molecule has 13 nitrogen and oxygen atoms in total. The van der Waals surface area contributed by atoms with Crippen LogP contribution in [0, 0.1) is 23.7 Å². The predicted molar refractivity (Wildman–Crippen MR) is 219 cm³/mol. The fraction of sp³-hybridized carbons (Fsp3) is 0.778. The Bertz CT molecular complexity index is 1440. The lowest BCUT2D eigenvalue weighted by Crippen LogP contribution is -2.64. The van der Waals surface area contributed by atoms with E-state index in [1.165, 1.54) is 19.1 Å². The smallest absolute Gasteiger partial charge is 0.329 e. The third-order valence-electron chi connectivity index (χ3n) is 12.6. The number of aliphatic hydroxyl groups excluding tert-OH is 2. The average molecular weight is 820 g/mol. The minimum Gasteiger partial charge on any atom is -0.456 e. The van der Waals surface area contributed by atoms with Crippen molar-refractivity contribution < 1.29 is 58.2 Å². The molecule has 3 fully saturated rings. The molecule has 2 aliphatic heterocycles. The number of likely N-dealkylation sites (tertiary alicyclic amines) is 1. The van der Waals surface area contributed by atoms with Crippen LogP contribution in [-0.4, -0.2) is 126 Å². The highest BCUT2D eigenvalue weighted by Crippen LogP contribution is 2.38. The Morgan fingerprint density at radius 2 is 1.71 bits per heavy atom. The Morgan fingerprint density at radius 1 is 1.02 bits per heavy atom. The van der Waals surface area contributed by atoms with Gasteiger partial charge in [0.1, 0.15) is 18.2 Å². The van der Waals surface area contributed by atoms with Crippen LogP contribution >= 0.6 is 0 Å². The van der Waals surface area contributed by atoms with Crippen molar-refractivity contribution in [2.24, 2.45) is 23.7 Å². The Balaban J connectivity index is 1.93. The zero-order valence-corrected chi connectivity index (χ0v) is 36.5. The average Bonchev–Trinajstić information content (AvgIpc) is 3.21. The molecule has 330 valence electrons. The highest BCUT2D eigenvalue weighted by molar-refractivity contribution is 6.39. The van der Waals surface area contributed by atoms with Crippen molar-refractivity contribution in [2.75, 3.05) is 27.9 Å². The second-order valence-electron chi connectivity index (χ2n) is 16.9. The minimum absolute atomic E-state index is 0.0155. The van der Waals surface area contributed by atoms with E-state index in [1.54, 1.807) is 27.0 Å². The summed E-state index contributed by atoms with van der Waals surface area (Å²) in [6.07, 6.45) is 6.45. The summed E-state index contributed by atoms with van der Waals surface area (Å²) in [6.45, 7) is 15.1. The summed E-state index contributed by atoms with van der Waals surface area (Å²) in [6, 6.07) is -1.15. The number of amides is 1. The fourth-order valence-electron chi connectivity index (χ4n) is 8.96. The van der Waals surface area contributed by atoms with E-state index in [2.05, 4.69) is 13.5 Å². The molecule has 1 amide bonds. The molecule has 13 unspecified atom stereocenters. The Morgan fingerprint density at radius 3 is 2.31 bits per heavy atom. The van der Waals surface area contributed by atoms with Crippen molar-refractivity contribution in [3.8, 4) is 0 Å². The number of Topliss-reactive ketones (excluding diaryl/α,β-unsaturated/α-hetero) is 2. The molecule has 0 aromatic carbocycles. The second kappa shape index (κ2) is 23.3. The van der Waals surface area contributed by atoms with Gasteiger partial charge in [-0.2, -0.15) is 0 Å². The van der Waals surface area contributed by atoms with Crippen molar-refractivity contribution in [1.29, 1.82) is 0 Å². The number of allylic oxidation sites excluding steroid dienone is 4. The van der Waals surface area contributed by atoms with Crippen LogP contribution in [0.4, 0.5) is 0 Å². The molecule has 3 N–H and O–H groups in total. The van der Waals surface area contributed by atoms with Crippen LogP contribution in [0.1, 0.15) is 119 Å². The number of carbonyl (C=O) groups excluding carboxylic acids is 4. The number of ketones is 2. The van der Waals surface area contributed by atoms with Crippen LogP contribution in [-0.2, 0) is 42.9 Å². The zero-order chi connectivity index (χ0) is 43.3. The summed E-state index contributed by atoms with van der Waals surface area (Å²) < 4.78 is 29.1. The molecule has 0 aromatic rings. The van der Waals surface area contributed by atoms with Crippen LogP contribution in [0.3, 0.4) is 0 Å². The van der Waals surface area contributed by atoms with Gasteiger partial charge in [-0.15, -0.1) is 6.58 Å². The van der Waals surface area contributed by atoms with E-state index in [0.717, 1.165) is 12.8 Å². The SMILES string of the molecule is C=CCC(=CC(C)CCC)C(=O)CC(O)C(C)C(OC(=O)C1CCCCN1C(=O)C(=O)C1(O)OC(C(CC)OC)C(OC)CC1C)C(C)=CC1CCC(O)C(OC)C1. The number of ether oxygens (including phenoxy) is 5. The molecule has 0 spiro atoms. The van der Waals surface area contributed by atoms with Gasteiger partial charge in [0.2, 0.25) is 5.79 Å². The summed E-state index contributed by atoms with van der Waals surface area (Å²) in [5.74, 6) is -7.09. The van der Waals surface area contributed by atoms with Crippen molar-refractivity contribution in [3.63, 3.8) is 0 Å². The number of esters is 1. The Hall–Kier alpha value is -2.78. The molecule has 3 aliphatic rings. The minimum atomic E-state index is -2.48. The van der Waals surface area contributed by atoms with Gasteiger partial charge < -0.3 is 43.9 Å². The van der Waals surface area contributed by atoms with Crippen LogP contribution in [0.25, 0.3) is 0 Å². The van der Waals surface area contributed by atoms with E-state index in [9.17, 15) is 34.5 Å². The summed E-state index contributed by atoms with van der Waals surface area (Å²) in [5, 5.41) is 33.9. The van der Waals surface area contributed by atoms with E-state index in [-0.39, 0.29) is 49.5 Å². The van der Waals surface area contributed by atoms with Gasteiger partial charge in [-0.25, -0.2) is 4.79 Å². The topological polar surface area (TPSA) is 178 Å². The van der Waals surface area contributed by atoms with Gasteiger partial charge >= 0.3 is 5.97 Å². The monoisotopic (exact) mass is 820 g/mol. The van der Waals surface area contributed by atoms with Crippen LogP contribution < -0.4 is 0 Å². The Kier molecular flexibility index (Phi) is 19.9. The molecule has 3 rings (SSSR count). The van der Waals surface area contributed by atoms with Gasteiger partial charge in [0, 0.05) is 46.1 Å². The summed E-state index contributed by atoms with van der Waals surface area (Å²) >= 11 is 0. The van der Waals surface area contributed by atoms with Crippen LogP contribution in [0.2, 0.25) is 0 Å². The Labute approximate surface area is 346 Å². The molecule has 13 atom stereocenters. The number of hydrogen-bond acceptors (Lipinski definition) is 12. The number of rotatable bonds is 21. The van der Waals surface area contributed by atoms with E-state index in [0.29, 0.717) is 56.1 Å². The largest absolute Gasteiger partial charge is 0.456 e. The number of aliphatic hydroxyl groups is 3. The first-order valence-corrected chi connectivity index (χ1v) is 21.4. The van der Waals surface area contributed by atoms with Gasteiger partial charge in [-0.1, -0.05) is 59.3 Å². The molecule has 1 aliphatic carbocycles. The lowest BCUT2D eigenvalue weighted by atomic mass is 9.82. The van der Waals surface area contributed by atoms with Crippen molar-refractivity contribution in [3.05, 3.63) is 36.0 Å². The number of methoxy groups -OCH3 is 3. The first kappa shape index (κ1) is 49.6. The molecule has 2 saturated heterocycles. The maximum atomic E-state index is 14.3. The molecule has 13 heteroatoms. The van der Waals surface area contributed by atoms with Crippen molar-refractivity contribution in [2.45, 2.75) is 173 Å². The number of nitrogens with zero attached hydrogens (tertiary/aromatic N) is 1. The van der Waals surface area contributed by atoms with Gasteiger partial charge in [0.05, 0.1) is 30.5 Å². The molecular formula is C45H73NO12. The van der Waals surface area contributed by atoms with Gasteiger partial charge in [0.15, 0.2) is 5.78 Å². The molecule has 0 bridgehead atoms. The lowest BCUT2D eigenvalue weighted by Gasteiger charge is -2.46. The molecule has 0 radical (unpaired) electrons. The molecular weight excluding hydrogens is 746 g/mol. The van der Waals surface area contributed by atoms with Crippen LogP contribution in [0.5, 0.6) is 0 Å². The standard InChI is InChI=1S/C45H73NO12/c1-11-16-27(4)22-32(17-12-2)36(49)26-35(48)30(7)40(28(5)23-31-19-20-34(47)38(25-31)55-9)57-44(52)33-18-14-15-21-46(33)43(51)42(50)45(53)29(6)24-39(56-10)41(58-45)37(13-3)54-8/h12,22-23,27,29-31,33-35,37-41,47-48,53H,2,11,13-21,24-26H2,1,3-10H3. The zero-order valence-electron chi connectivity index (χ0n) is 36.5. The fourth-order valence-corrected chi connectivity index (χ4v) is 8.96. The van der Waals surface area contributed by atoms with Gasteiger partial charge in [0.25, 0.3) is 11.7 Å². The number of piperidine rings is 1. The molecule has 0 aromatic heterocycles. The summed E-state index contributed by atoms with van der Waals surface area (Å²) in [7, 11) is 4.58. The number of hydrogen-bond donors (Lipinski definition) is 3. The third kappa shape index (κ3) is 12.4. The quantitative estimate of drug-likeness (QED) is 0.0581. The maximum absolute atomic E-state index is 14.3. The van der Waals surface area contributed by atoms with E-state index in [4.69, 9.17) is 23.7 Å². The first-order chi connectivity index (χ1) is 27.5. The number of carbonyl (C=O) groups is 4. The molecule has 1 saturated carbocycles. The van der Waals surface area contributed by atoms with Gasteiger partial charge in [-0.3, -0.25) is 14.4 Å². The first-order valence-electron chi connectivity index (χ1n) is 21.4. The third-order valence-corrected chi connectivity index (χ3v) is 12.6. The summed E-state index contributed by atoms with van der Waals surface area (Å²) in [4.78, 5) is 57.3. The second-order valence-corrected chi connectivity index (χ2v) is 16.9. The molecule has 58 heavy (non-hydrogen) atoms. The van der Waals surface area contributed by atoms with Gasteiger partial charge in [-0.05, 0) is 94.1 Å². The lowest BCUT2D eigenvalue weighted by molar-refractivity contribution is -0.301. The summed E-state index contributed by atoms with van der Waals surface area (Å²) in [5.41, 5.74) is 1.22. The predicted octanol–water partition coefficient (Wildman–Crippen LogP) is 5.42. The van der Waals surface area contributed by atoms with Crippen molar-refractivity contribution >= 4 is 23.4 Å². The molecule has 2 heterocycles. The maximum Gasteiger partial charge on any atom is 0.329 e. The highest BCUT2D eigenvalue weighted by atomic mass is 16.7. The van der Waals surface area contributed by atoms with Crippen LogP contribution in [0.15, 0.2) is 36.0 Å². The van der Waals surface area contributed by atoms with E-state index < -0.39 is 77.9 Å². The van der Waals surface area contributed by atoms with Crippen molar-refractivity contribution in [1.82, 2.24) is 4.90 Å².